The van der Waals surface area contributed by atoms with Crippen molar-refractivity contribution in [1.29, 1.82) is 0 Å². The Kier molecular flexibility index (Phi) is 6.80. The molecule has 0 unspecified atom stereocenters. The number of unbranched alkanes of at least 4 members (excludes halogenated alkanes) is 6. The van der Waals surface area contributed by atoms with Gasteiger partial charge in [0.25, 0.3) is 0 Å². The summed E-state index contributed by atoms with van der Waals surface area (Å²) in [4.78, 5) is 0. The topological polar surface area (TPSA) is 0 Å². The monoisotopic (exact) mass is 458 g/mol. The largest absolute Gasteiger partial charge is 0.135 e. The van der Waals surface area contributed by atoms with E-state index in [1.807, 2.05) is 22.7 Å². The highest BCUT2D eigenvalue weighted by Gasteiger charge is 2.12. The molecule has 0 saturated carbocycles. The molecule has 5 aromatic rings. The predicted octanol–water partition coefficient (Wildman–Crippen LogP) is 10.7. The van der Waals surface area contributed by atoms with Crippen molar-refractivity contribution in [2.24, 2.45) is 0 Å². The second-order valence-electron chi connectivity index (χ2n) is 9.33. The fourth-order valence-corrected chi connectivity index (χ4v) is 7.34. The average Bonchev–Trinajstić information content (AvgIpc) is 3.34. The first kappa shape index (κ1) is 21.9. The summed E-state index contributed by atoms with van der Waals surface area (Å²) >= 11 is 3.94. The van der Waals surface area contributed by atoms with Crippen molar-refractivity contribution in [3.05, 3.63) is 59.7 Å². The first-order chi connectivity index (χ1) is 15.8. The Labute approximate surface area is 200 Å². The van der Waals surface area contributed by atoms with Gasteiger partial charge in [-0.3, -0.25) is 0 Å². The van der Waals surface area contributed by atoms with Gasteiger partial charge in [0, 0.05) is 40.3 Å². The normalized spacial score (nSPS) is 12.1. The molecule has 0 atom stereocenters. The van der Waals surface area contributed by atoms with Gasteiger partial charge in [-0.05, 0) is 61.1 Å². The third kappa shape index (κ3) is 4.45. The Morgan fingerprint density at radius 1 is 0.469 bits per heavy atom. The lowest BCUT2D eigenvalue weighted by atomic mass is 10.0. The molecule has 2 aromatic heterocycles. The summed E-state index contributed by atoms with van der Waals surface area (Å²) < 4.78 is 5.76. The fraction of sp³-hybridized carbons (Fsp3) is 0.400. The van der Waals surface area contributed by atoms with Crippen molar-refractivity contribution >= 4 is 63.0 Å². The molecule has 32 heavy (non-hydrogen) atoms. The average molecular weight is 459 g/mol. The highest BCUT2D eigenvalue weighted by Crippen LogP contribution is 2.42. The molecule has 5 rings (SSSR count). The quantitative estimate of drug-likeness (QED) is 0.183. The van der Waals surface area contributed by atoms with Crippen LogP contribution in [0.25, 0.3) is 40.3 Å². The minimum absolute atomic E-state index is 1.21. The van der Waals surface area contributed by atoms with Crippen LogP contribution in [0.3, 0.4) is 0 Å². The minimum Gasteiger partial charge on any atom is -0.135 e. The molecule has 0 aliphatic heterocycles. The third-order valence-electron chi connectivity index (χ3n) is 6.83. The maximum atomic E-state index is 2.45. The van der Waals surface area contributed by atoms with Gasteiger partial charge in [0.2, 0.25) is 0 Å². The number of benzene rings is 3. The molecule has 0 aliphatic rings. The van der Waals surface area contributed by atoms with Crippen LogP contribution in [0.4, 0.5) is 0 Å². The van der Waals surface area contributed by atoms with Crippen LogP contribution < -0.4 is 0 Å². The number of aryl methyl sites for hydroxylation is 2. The molecule has 0 N–H and O–H groups in total. The molecule has 0 radical (unpaired) electrons. The van der Waals surface area contributed by atoms with E-state index in [4.69, 9.17) is 0 Å². The molecular weight excluding hydrogens is 424 g/mol. The zero-order valence-electron chi connectivity index (χ0n) is 19.5. The van der Waals surface area contributed by atoms with Crippen LogP contribution >= 0.6 is 22.7 Å². The van der Waals surface area contributed by atoms with E-state index >= 15 is 0 Å². The van der Waals surface area contributed by atoms with Gasteiger partial charge < -0.3 is 0 Å². The van der Waals surface area contributed by atoms with E-state index in [1.54, 1.807) is 0 Å². The number of rotatable bonds is 10. The maximum absolute atomic E-state index is 2.45. The number of fused-ring (bicyclic) bond motifs is 6. The highest BCUT2D eigenvalue weighted by molar-refractivity contribution is 7.27. The van der Waals surface area contributed by atoms with Crippen molar-refractivity contribution in [3.63, 3.8) is 0 Å². The summed E-state index contributed by atoms with van der Waals surface area (Å²) in [5.74, 6) is 0. The Balaban J connectivity index is 1.45. The van der Waals surface area contributed by atoms with Crippen LogP contribution in [0.2, 0.25) is 0 Å². The van der Waals surface area contributed by atoms with Gasteiger partial charge in [-0.25, -0.2) is 0 Å². The summed E-state index contributed by atoms with van der Waals surface area (Å²) in [5, 5.41) is 5.72. The number of hydrogen-bond acceptors (Lipinski definition) is 2. The molecule has 0 bridgehead atoms. The van der Waals surface area contributed by atoms with Gasteiger partial charge in [-0.15, -0.1) is 22.7 Å². The van der Waals surface area contributed by atoms with Crippen molar-refractivity contribution in [2.45, 2.75) is 78.1 Å². The van der Waals surface area contributed by atoms with Crippen LogP contribution in [0, 0.1) is 0 Å². The standard InChI is InChI=1S/C30H34S2/c1-3-5-7-9-11-21-13-15-23-25-19-30-26(20-29(25)31-27(23)17-21)24-16-14-22(18-28(24)32-30)12-10-8-6-4-2/h13-20H,3-12H2,1-2H3. The highest BCUT2D eigenvalue weighted by atomic mass is 32.1. The summed E-state index contributed by atoms with van der Waals surface area (Å²) in [7, 11) is 0. The van der Waals surface area contributed by atoms with Crippen molar-refractivity contribution in [3.8, 4) is 0 Å². The Morgan fingerprint density at radius 3 is 1.34 bits per heavy atom. The van der Waals surface area contributed by atoms with Crippen LogP contribution in [0.5, 0.6) is 0 Å². The predicted molar refractivity (Wildman–Crippen MR) is 148 cm³/mol. The first-order valence-corrected chi connectivity index (χ1v) is 14.2. The maximum Gasteiger partial charge on any atom is 0.0362 e. The minimum atomic E-state index is 1.21. The smallest absolute Gasteiger partial charge is 0.0362 e. The number of thiophene rings is 2. The van der Waals surface area contributed by atoms with Crippen molar-refractivity contribution in [2.75, 3.05) is 0 Å². The van der Waals surface area contributed by atoms with Gasteiger partial charge in [0.1, 0.15) is 0 Å². The van der Waals surface area contributed by atoms with E-state index in [0.717, 1.165) is 0 Å². The summed E-state index contributed by atoms with van der Waals surface area (Å²) in [6, 6.07) is 19.3. The molecule has 0 fully saturated rings. The Morgan fingerprint density at radius 2 is 0.906 bits per heavy atom. The third-order valence-corrected chi connectivity index (χ3v) is 9.06. The van der Waals surface area contributed by atoms with E-state index in [9.17, 15) is 0 Å². The molecule has 0 amide bonds. The second kappa shape index (κ2) is 9.93. The van der Waals surface area contributed by atoms with E-state index < -0.39 is 0 Å². The van der Waals surface area contributed by atoms with E-state index in [0.29, 0.717) is 0 Å². The molecule has 166 valence electrons. The van der Waals surface area contributed by atoms with Crippen LogP contribution in [-0.4, -0.2) is 0 Å². The Hall–Kier alpha value is -1.90. The molecule has 0 spiro atoms. The van der Waals surface area contributed by atoms with Gasteiger partial charge in [0.05, 0.1) is 0 Å². The summed E-state index contributed by atoms with van der Waals surface area (Å²) in [6.45, 7) is 4.57. The van der Waals surface area contributed by atoms with E-state index in [1.165, 1.54) is 116 Å². The van der Waals surface area contributed by atoms with Gasteiger partial charge in [0.15, 0.2) is 0 Å². The van der Waals surface area contributed by atoms with Crippen LogP contribution in [-0.2, 0) is 12.8 Å². The fourth-order valence-electron chi connectivity index (χ4n) is 4.96. The molecular formula is C30H34S2. The van der Waals surface area contributed by atoms with Crippen LogP contribution in [0.15, 0.2) is 48.5 Å². The van der Waals surface area contributed by atoms with Crippen LogP contribution in [0.1, 0.15) is 76.3 Å². The lowest BCUT2D eigenvalue weighted by molar-refractivity contribution is 0.667. The molecule has 3 aromatic carbocycles. The lowest BCUT2D eigenvalue weighted by Crippen LogP contribution is -1.85. The second-order valence-corrected chi connectivity index (χ2v) is 11.5. The van der Waals surface area contributed by atoms with Gasteiger partial charge >= 0.3 is 0 Å². The molecule has 0 aliphatic carbocycles. The lowest BCUT2D eigenvalue weighted by Gasteiger charge is -2.02. The molecule has 0 nitrogen and oxygen atoms in total. The Bertz CT molecular complexity index is 1250. The van der Waals surface area contributed by atoms with Crippen molar-refractivity contribution < 1.29 is 0 Å². The molecule has 2 heteroatoms. The summed E-state index contributed by atoms with van der Waals surface area (Å²) in [5.41, 5.74) is 3.00. The molecule has 2 heterocycles. The summed E-state index contributed by atoms with van der Waals surface area (Å²) in [6.07, 6.45) is 13.1. The molecule has 0 saturated heterocycles. The van der Waals surface area contributed by atoms with E-state index in [2.05, 4.69) is 62.4 Å². The van der Waals surface area contributed by atoms with E-state index in [-0.39, 0.29) is 0 Å². The zero-order chi connectivity index (χ0) is 21.9. The van der Waals surface area contributed by atoms with Crippen molar-refractivity contribution in [1.82, 2.24) is 0 Å². The zero-order valence-corrected chi connectivity index (χ0v) is 21.1. The first-order valence-electron chi connectivity index (χ1n) is 12.6. The SMILES string of the molecule is CCCCCCc1ccc2c(c1)sc1cc3c(cc12)sc1cc(CCCCCC)ccc13. The van der Waals surface area contributed by atoms with Gasteiger partial charge in [-0.2, -0.15) is 0 Å². The van der Waals surface area contributed by atoms with Gasteiger partial charge in [-0.1, -0.05) is 76.6 Å². The number of hydrogen-bond donors (Lipinski definition) is 0.